The summed E-state index contributed by atoms with van der Waals surface area (Å²) in [7, 11) is 0. The zero-order valence-corrected chi connectivity index (χ0v) is 13.0. The van der Waals surface area contributed by atoms with Crippen LogP contribution in [-0.2, 0) is 4.79 Å². The first-order chi connectivity index (χ1) is 9.93. The molecule has 1 aromatic carbocycles. The molecule has 0 bridgehead atoms. The number of amides is 3. The summed E-state index contributed by atoms with van der Waals surface area (Å²) in [5, 5.41) is 3.49. The number of benzene rings is 1. The van der Waals surface area contributed by atoms with E-state index in [1.807, 2.05) is 13.0 Å². The highest BCUT2D eigenvalue weighted by molar-refractivity contribution is 6.32. The number of hydrogen-bond acceptors (Lipinski definition) is 2. The van der Waals surface area contributed by atoms with Gasteiger partial charge in [0, 0.05) is 5.02 Å². The Morgan fingerprint density at radius 1 is 1.38 bits per heavy atom. The summed E-state index contributed by atoms with van der Waals surface area (Å²) in [6, 6.07) is 4.94. The molecule has 3 rings (SSSR count). The molecule has 1 aliphatic heterocycles. The molecule has 1 spiro atoms. The quantitative estimate of drug-likeness (QED) is 0.805. The van der Waals surface area contributed by atoms with Gasteiger partial charge in [0.05, 0.1) is 5.69 Å². The summed E-state index contributed by atoms with van der Waals surface area (Å²) >= 11 is 6.12. The van der Waals surface area contributed by atoms with Gasteiger partial charge in [-0.2, -0.15) is 0 Å². The topological polar surface area (TPSA) is 49.4 Å². The smallest absolute Gasteiger partial charge is 0.323 e. The largest absolute Gasteiger partial charge is 0.329 e. The minimum Gasteiger partial charge on any atom is -0.323 e. The number of imide groups is 1. The van der Waals surface area contributed by atoms with Crippen molar-refractivity contribution in [3.05, 3.63) is 28.8 Å². The lowest BCUT2D eigenvalue weighted by molar-refractivity contribution is -0.123. The van der Waals surface area contributed by atoms with Gasteiger partial charge in [-0.1, -0.05) is 37.4 Å². The van der Waals surface area contributed by atoms with Crippen molar-refractivity contribution in [2.75, 3.05) is 4.90 Å². The maximum Gasteiger partial charge on any atom is 0.329 e. The molecule has 0 aromatic heterocycles. The molecule has 1 saturated heterocycles. The number of rotatable bonds is 1. The third-order valence-electron chi connectivity index (χ3n) is 4.57. The summed E-state index contributed by atoms with van der Waals surface area (Å²) in [6.07, 6.45) is 3.52. The first-order valence-corrected chi connectivity index (χ1v) is 7.74. The minimum absolute atomic E-state index is 0.140. The van der Waals surface area contributed by atoms with Crippen LogP contribution in [0.3, 0.4) is 0 Å². The van der Waals surface area contributed by atoms with Crippen LogP contribution in [0.4, 0.5) is 10.5 Å². The summed E-state index contributed by atoms with van der Waals surface area (Å²) in [5.74, 6) is 0.309. The predicted molar refractivity (Wildman–Crippen MR) is 82.6 cm³/mol. The SMILES string of the molecule is Cc1ccc(N2C(=O)NC3(CCCC(C)C3)C2=O)cc1Cl. The number of nitrogens with one attached hydrogen (secondary N) is 1. The van der Waals surface area contributed by atoms with E-state index in [-0.39, 0.29) is 11.9 Å². The zero-order valence-electron chi connectivity index (χ0n) is 12.3. The molecule has 2 unspecified atom stereocenters. The van der Waals surface area contributed by atoms with Gasteiger partial charge in [0.2, 0.25) is 0 Å². The highest BCUT2D eigenvalue weighted by Gasteiger charge is 2.53. The number of anilines is 1. The molecule has 2 atom stereocenters. The summed E-state index contributed by atoms with van der Waals surface area (Å²) in [5.41, 5.74) is 0.753. The van der Waals surface area contributed by atoms with Crippen LogP contribution < -0.4 is 10.2 Å². The molecule has 1 aliphatic carbocycles. The molecule has 3 amide bonds. The first kappa shape index (κ1) is 14.4. The molecular formula is C16H19ClN2O2. The summed E-state index contributed by atoms with van der Waals surface area (Å²) in [6.45, 7) is 4.02. The van der Waals surface area contributed by atoms with Crippen molar-refractivity contribution in [2.45, 2.75) is 45.1 Å². The predicted octanol–water partition coefficient (Wildman–Crippen LogP) is 3.65. The van der Waals surface area contributed by atoms with E-state index < -0.39 is 5.54 Å². The molecule has 1 saturated carbocycles. The number of aryl methyl sites for hydroxylation is 1. The average molecular weight is 307 g/mol. The van der Waals surface area contributed by atoms with Gasteiger partial charge in [-0.25, -0.2) is 9.69 Å². The maximum atomic E-state index is 12.8. The molecule has 21 heavy (non-hydrogen) atoms. The van der Waals surface area contributed by atoms with E-state index >= 15 is 0 Å². The van der Waals surface area contributed by atoms with Gasteiger partial charge in [0.25, 0.3) is 5.91 Å². The van der Waals surface area contributed by atoms with E-state index in [1.54, 1.807) is 12.1 Å². The molecule has 5 heteroatoms. The van der Waals surface area contributed by atoms with Crippen molar-refractivity contribution in [3.8, 4) is 0 Å². The van der Waals surface area contributed by atoms with Crippen LogP contribution in [0.5, 0.6) is 0 Å². The van der Waals surface area contributed by atoms with Crippen LogP contribution >= 0.6 is 11.6 Å². The second kappa shape index (κ2) is 5.02. The van der Waals surface area contributed by atoms with Crippen LogP contribution in [0.1, 0.15) is 38.2 Å². The normalized spacial score (nSPS) is 29.1. The number of hydrogen-bond donors (Lipinski definition) is 1. The number of carbonyl (C=O) groups is 2. The number of carbonyl (C=O) groups excluding carboxylic acids is 2. The Balaban J connectivity index is 1.95. The first-order valence-electron chi connectivity index (χ1n) is 7.36. The lowest BCUT2D eigenvalue weighted by Crippen LogP contribution is -2.50. The van der Waals surface area contributed by atoms with Gasteiger partial charge in [-0.05, 0) is 43.4 Å². The van der Waals surface area contributed by atoms with Gasteiger partial charge in [0.1, 0.15) is 5.54 Å². The van der Waals surface area contributed by atoms with Crippen molar-refractivity contribution in [2.24, 2.45) is 5.92 Å². The number of nitrogens with zero attached hydrogens (tertiary/aromatic N) is 1. The monoisotopic (exact) mass is 306 g/mol. The minimum atomic E-state index is -0.716. The van der Waals surface area contributed by atoms with Crippen LogP contribution in [-0.4, -0.2) is 17.5 Å². The van der Waals surface area contributed by atoms with E-state index in [0.717, 1.165) is 24.8 Å². The number of halogens is 1. The fourth-order valence-corrected chi connectivity index (χ4v) is 3.61. The van der Waals surface area contributed by atoms with Crippen LogP contribution in [0.15, 0.2) is 18.2 Å². The highest BCUT2D eigenvalue weighted by Crippen LogP contribution is 2.38. The Morgan fingerprint density at radius 2 is 2.14 bits per heavy atom. The average Bonchev–Trinajstić information content (AvgIpc) is 2.64. The van der Waals surface area contributed by atoms with E-state index in [0.29, 0.717) is 23.0 Å². The lowest BCUT2D eigenvalue weighted by Gasteiger charge is -2.34. The van der Waals surface area contributed by atoms with E-state index in [2.05, 4.69) is 12.2 Å². The Hall–Kier alpha value is -1.55. The van der Waals surface area contributed by atoms with Crippen LogP contribution in [0.25, 0.3) is 0 Å². The highest BCUT2D eigenvalue weighted by atomic mass is 35.5. The Labute approximate surface area is 129 Å². The second-order valence-electron chi connectivity index (χ2n) is 6.29. The molecule has 1 N–H and O–H groups in total. The van der Waals surface area contributed by atoms with Crippen molar-refractivity contribution in [3.63, 3.8) is 0 Å². The summed E-state index contributed by atoms with van der Waals surface area (Å²) < 4.78 is 0. The fraction of sp³-hybridized carbons (Fsp3) is 0.500. The third kappa shape index (κ3) is 2.31. The molecule has 2 aliphatic rings. The van der Waals surface area contributed by atoms with Gasteiger partial charge >= 0.3 is 6.03 Å². The standard InChI is InChI=1S/C16H19ClN2O2/c1-10-4-3-7-16(9-10)14(20)19(15(21)18-16)12-6-5-11(2)13(17)8-12/h5-6,8,10H,3-4,7,9H2,1-2H3,(H,18,21). The molecular weight excluding hydrogens is 288 g/mol. The zero-order chi connectivity index (χ0) is 15.2. The Morgan fingerprint density at radius 3 is 2.81 bits per heavy atom. The van der Waals surface area contributed by atoms with Gasteiger partial charge in [-0.3, -0.25) is 4.79 Å². The van der Waals surface area contributed by atoms with Crippen LogP contribution in [0.2, 0.25) is 5.02 Å². The molecule has 2 fully saturated rings. The van der Waals surface area contributed by atoms with E-state index in [4.69, 9.17) is 11.6 Å². The molecule has 112 valence electrons. The van der Waals surface area contributed by atoms with Crippen molar-refractivity contribution in [1.29, 1.82) is 0 Å². The number of urea groups is 1. The maximum absolute atomic E-state index is 12.8. The van der Waals surface area contributed by atoms with Crippen LogP contribution in [0, 0.1) is 12.8 Å². The molecule has 0 radical (unpaired) electrons. The Kier molecular flexibility index (Phi) is 3.44. The van der Waals surface area contributed by atoms with Gasteiger partial charge < -0.3 is 5.32 Å². The Bertz CT molecular complexity index is 616. The lowest BCUT2D eigenvalue weighted by atomic mass is 9.76. The van der Waals surface area contributed by atoms with Crippen molar-refractivity contribution >= 4 is 29.2 Å². The second-order valence-corrected chi connectivity index (χ2v) is 6.70. The molecule has 1 aromatic rings. The third-order valence-corrected chi connectivity index (χ3v) is 4.98. The van der Waals surface area contributed by atoms with Crippen molar-refractivity contribution in [1.82, 2.24) is 5.32 Å². The fourth-order valence-electron chi connectivity index (χ4n) is 3.43. The van der Waals surface area contributed by atoms with Crippen molar-refractivity contribution < 1.29 is 9.59 Å². The van der Waals surface area contributed by atoms with Gasteiger partial charge in [0.15, 0.2) is 0 Å². The summed E-state index contributed by atoms with van der Waals surface area (Å²) in [4.78, 5) is 26.4. The van der Waals surface area contributed by atoms with E-state index in [9.17, 15) is 9.59 Å². The molecule has 1 heterocycles. The molecule has 4 nitrogen and oxygen atoms in total. The van der Waals surface area contributed by atoms with E-state index in [1.165, 1.54) is 4.90 Å². The van der Waals surface area contributed by atoms with Gasteiger partial charge in [-0.15, -0.1) is 0 Å².